The Morgan fingerprint density at radius 3 is 1.86 bits per heavy atom. The second-order valence-electron chi connectivity index (χ2n) is 4.23. The van der Waals surface area contributed by atoms with E-state index in [0.717, 1.165) is 36.6 Å². The molecule has 1 rings (SSSR count). The molecular weight excluding hydrogens is 291 g/mol. The van der Waals surface area contributed by atoms with Gasteiger partial charge in [-0.15, -0.1) is 0 Å². The molecule has 1 saturated heterocycles. The maximum Gasteiger partial charge on any atom is 0.0639 e. The van der Waals surface area contributed by atoms with Crippen LogP contribution in [0, 0.1) is 0 Å². The number of alkyl halides is 1. The van der Waals surface area contributed by atoms with Gasteiger partial charge in [-0.2, -0.15) is 0 Å². The van der Waals surface area contributed by atoms with Crippen LogP contribution in [0.3, 0.4) is 0 Å². The van der Waals surface area contributed by atoms with E-state index in [2.05, 4.69) is 39.3 Å². The van der Waals surface area contributed by atoms with E-state index in [-0.39, 0.29) is 6.10 Å². The highest BCUT2D eigenvalue weighted by Gasteiger charge is 2.18. The molecule has 0 amide bonds. The van der Waals surface area contributed by atoms with Gasteiger partial charge in [0.2, 0.25) is 0 Å². The number of halogens is 1. The zero-order valence-electron chi connectivity index (χ0n) is 9.12. The molecule has 1 heterocycles. The lowest BCUT2D eigenvalue weighted by Crippen LogP contribution is -2.49. The second-order valence-corrected chi connectivity index (χ2v) is 6.36. The molecule has 0 aromatic carbocycles. The molecule has 3 nitrogen and oxygen atoms in total. The van der Waals surface area contributed by atoms with Crippen LogP contribution in [0.15, 0.2) is 0 Å². The molecule has 14 heavy (non-hydrogen) atoms. The van der Waals surface area contributed by atoms with E-state index in [0.29, 0.717) is 0 Å². The number of aliphatic hydroxyl groups excluding tert-OH is 1. The zero-order valence-corrected chi connectivity index (χ0v) is 11.3. The van der Waals surface area contributed by atoms with Crippen LogP contribution in [0.5, 0.6) is 0 Å². The molecule has 0 aliphatic carbocycles. The van der Waals surface area contributed by atoms with Crippen LogP contribution in [0.25, 0.3) is 0 Å². The van der Waals surface area contributed by atoms with Gasteiger partial charge in [0.05, 0.1) is 6.10 Å². The first-order valence-electron chi connectivity index (χ1n) is 5.34. The summed E-state index contributed by atoms with van der Waals surface area (Å²) in [6, 6.07) is 0. The highest BCUT2D eigenvalue weighted by Crippen LogP contribution is 2.07. The molecule has 1 fully saturated rings. The molecule has 4 heteroatoms. The first kappa shape index (κ1) is 12.7. The fourth-order valence-corrected chi connectivity index (χ4v) is 2.44. The molecular formula is C10H21IN2O. The van der Waals surface area contributed by atoms with Crippen molar-refractivity contribution >= 4 is 22.6 Å². The first-order chi connectivity index (χ1) is 6.58. The van der Waals surface area contributed by atoms with Gasteiger partial charge in [0, 0.05) is 43.2 Å². The summed E-state index contributed by atoms with van der Waals surface area (Å²) in [6.45, 7) is 10.7. The van der Waals surface area contributed by atoms with Gasteiger partial charge in [-0.25, -0.2) is 0 Å². The molecule has 84 valence electrons. The molecule has 1 aliphatic heterocycles. The SMILES string of the molecule is CC(O)CN1CCN(CC(C)I)CC1. The molecule has 0 radical (unpaired) electrons. The predicted octanol–water partition coefficient (Wildman–Crippen LogP) is 0.808. The van der Waals surface area contributed by atoms with E-state index in [1.165, 1.54) is 6.54 Å². The maximum atomic E-state index is 9.26. The van der Waals surface area contributed by atoms with E-state index >= 15 is 0 Å². The molecule has 2 unspecified atom stereocenters. The summed E-state index contributed by atoms with van der Waals surface area (Å²) in [4.78, 5) is 4.86. The van der Waals surface area contributed by atoms with Crippen molar-refractivity contribution in [1.29, 1.82) is 0 Å². The van der Waals surface area contributed by atoms with Crippen LogP contribution in [0.4, 0.5) is 0 Å². The monoisotopic (exact) mass is 312 g/mol. The summed E-state index contributed by atoms with van der Waals surface area (Å²) in [5.41, 5.74) is 0. The minimum atomic E-state index is -0.190. The van der Waals surface area contributed by atoms with Crippen molar-refractivity contribution in [2.75, 3.05) is 39.3 Å². The van der Waals surface area contributed by atoms with Crippen molar-refractivity contribution in [2.24, 2.45) is 0 Å². The van der Waals surface area contributed by atoms with E-state index in [1.54, 1.807) is 0 Å². The lowest BCUT2D eigenvalue weighted by Gasteiger charge is -2.35. The fourth-order valence-electron chi connectivity index (χ4n) is 1.88. The van der Waals surface area contributed by atoms with Crippen molar-refractivity contribution in [3.8, 4) is 0 Å². The molecule has 1 N–H and O–H groups in total. The number of nitrogens with zero attached hydrogens (tertiary/aromatic N) is 2. The standard InChI is InChI=1S/C10H21IN2O/c1-9(11)7-12-3-5-13(6-4-12)8-10(2)14/h9-10,14H,3-8H2,1-2H3. The van der Waals surface area contributed by atoms with Crippen molar-refractivity contribution in [1.82, 2.24) is 9.80 Å². The minimum absolute atomic E-state index is 0.190. The largest absolute Gasteiger partial charge is 0.392 e. The van der Waals surface area contributed by atoms with E-state index in [1.807, 2.05) is 6.92 Å². The Hall–Kier alpha value is 0.610. The maximum absolute atomic E-state index is 9.26. The number of hydrogen-bond acceptors (Lipinski definition) is 3. The topological polar surface area (TPSA) is 26.7 Å². The van der Waals surface area contributed by atoms with E-state index in [4.69, 9.17) is 0 Å². The van der Waals surface area contributed by atoms with E-state index < -0.39 is 0 Å². The minimum Gasteiger partial charge on any atom is -0.392 e. The normalized spacial score (nSPS) is 24.9. The van der Waals surface area contributed by atoms with Crippen molar-refractivity contribution < 1.29 is 5.11 Å². The van der Waals surface area contributed by atoms with Gasteiger partial charge in [-0.3, -0.25) is 9.80 Å². The summed E-state index contributed by atoms with van der Waals surface area (Å²) in [5.74, 6) is 0. The van der Waals surface area contributed by atoms with Gasteiger partial charge in [-0.1, -0.05) is 29.5 Å². The molecule has 0 aromatic heterocycles. The van der Waals surface area contributed by atoms with Crippen molar-refractivity contribution in [3.63, 3.8) is 0 Å². The Balaban J connectivity index is 2.17. The Labute approximate surface area is 101 Å². The van der Waals surface area contributed by atoms with Crippen LogP contribution in [-0.4, -0.2) is 64.2 Å². The van der Waals surface area contributed by atoms with Gasteiger partial charge in [0.15, 0.2) is 0 Å². The molecule has 0 saturated carbocycles. The Morgan fingerprint density at radius 2 is 1.50 bits per heavy atom. The third-order valence-corrected chi connectivity index (χ3v) is 2.89. The van der Waals surface area contributed by atoms with Crippen LogP contribution >= 0.6 is 22.6 Å². The quantitative estimate of drug-likeness (QED) is 0.615. The van der Waals surface area contributed by atoms with Gasteiger partial charge in [0.1, 0.15) is 0 Å². The predicted molar refractivity (Wildman–Crippen MR) is 68.0 cm³/mol. The summed E-state index contributed by atoms with van der Waals surface area (Å²) < 4.78 is 0.732. The third-order valence-electron chi connectivity index (χ3n) is 2.50. The van der Waals surface area contributed by atoms with E-state index in [9.17, 15) is 5.11 Å². The highest BCUT2D eigenvalue weighted by molar-refractivity contribution is 14.1. The molecule has 2 atom stereocenters. The number of hydrogen-bond donors (Lipinski definition) is 1. The fraction of sp³-hybridized carbons (Fsp3) is 1.00. The average molecular weight is 312 g/mol. The lowest BCUT2D eigenvalue weighted by molar-refractivity contribution is 0.0818. The van der Waals surface area contributed by atoms with Crippen molar-refractivity contribution in [3.05, 3.63) is 0 Å². The van der Waals surface area contributed by atoms with Crippen LogP contribution in [0.1, 0.15) is 13.8 Å². The highest BCUT2D eigenvalue weighted by atomic mass is 127. The summed E-state index contributed by atoms with van der Waals surface area (Å²) in [6.07, 6.45) is -0.190. The lowest BCUT2D eigenvalue weighted by atomic mass is 10.2. The Bertz CT molecular complexity index is 138. The summed E-state index contributed by atoms with van der Waals surface area (Å²) in [7, 11) is 0. The molecule has 0 aromatic rings. The number of piperazine rings is 1. The first-order valence-corrected chi connectivity index (χ1v) is 6.59. The Morgan fingerprint density at radius 1 is 1.07 bits per heavy atom. The average Bonchev–Trinajstić information content (AvgIpc) is 2.06. The van der Waals surface area contributed by atoms with Crippen molar-refractivity contribution in [2.45, 2.75) is 23.9 Å². The van der Waals surface area contributed by atoms with Gasteiger partial charge < -0.3 is 5.11 Å². The van der Waals surface area contributed by atoms with Crippen LogP contribution in [-0.2, 0) is 0 Å². The summed E-state index contributed by atoms with van der Waals surface area (Å²) in [5, 5.41) is 9.26. The van der Waals surface area contributed by atoms with Crippen LogP contribution in [0.2, 0.25) is 0 Å². The third kappa shape index (κ3) is 4.91. The Kier molecular flexibility index (Phi) is 5.66. The van der Waals surface area contributed by atoms with Crippen LogP contribution < -0.4 is 0 Å². The number of rotatable bonds is 4. The van der Waals surface area contributed by atoms with Gasteiger partial charge in [0.25, 0.3) is 0 Å². The zero-order chi connectivity index (χ0) is 10.6. The molecule has 0 spiro atoms. The smallest absolute Gasteiger partial charge is 0.0639 e. The van der Waals surface area contributed by atoms with Gasteiger partial charge >= 0.3 is 0 Å². The summed E-state index contributed by atoms with van der Waals surface area (Å²) >= 11 is 2.47. The van der Waals surface area contributed by atoms with Gasteiger partial charge in [-0.05, 0) is 6.92 Å². The molecule has 1 aliphatic rings. The number of β-amino-alcohol motifs (C(OH)–C–C–N with tert-alkyl or cyclic N) is 1. The second kappa shape index (κ2) is 6.25. The molecule has 0 bridgehead atoms. The number of aliphatic hydroxyl groups is 1.